The van der Waals surface area contributed by atoms with Gasteiger partial charge in [0.15, 0.2) is 11.6 Å². The molecule has 39 heteroatoms. The first-order valence-corrected chi connectivity index (χ1v) is 43.4. The van der Waals surface area contributed by atoms with Gasteiger partial charge in [0.05, 0.1) is 27.2 Å². The van der Waals surface area contributed by atoms with Gasteiger partial charge in [-0.1, -0.05) is 63.1 Å². The number of imide groups is 2. The van der Waals surface area contributed by atoms with Crippen LogP contribution in [0, 0.1) is 22.0 Å². The number of fused-ring (bicyclic) bond motifs is 2. The summed E-state index contributed by atoms with van der Waals surface area (Å²) in [5, 5.41) is 89.5. The maximum Gasteiger partial charge on any atom is 0.417 e. The molecule has 6 aliphatic heterocycles. The fourth-order valence-corrected chi connectivity index (χ4v) is 16.6. The molecule has 2 aromatic heterocycles. The molecule has 0 saturated carbocycles. The molecule has 38 nitrogen and oxygen atoms in total. The molecule has 8 heterocycles. The van der Waals surface area contributed by atoms with Crippen molar-refractivity contribution in [3.05, 3.63) is 200 Å². The number of halogens is 1. The van der Waals surface area contributed by atoms with E-state index in [1.54, 1.807) is 66.9 Å². The lowest BCUT2D eigenvalue weighted by Gasteiger charge is -2.32. The van der Waals surface area contributed by atoms with Crippen molar-refractivity contribution in [2.24, 2.45) is 11.8 Å². The molecule has 7 aromatic carbocycles. The first-order valence-electron chi connectivity index (χ1n) is 43.4. The number of aromatic nitrogens is 6. The highest BCUT2D eigenvalue weighted by Gasteiger charge is 2.43. The number of nitrogens with zero attached hydrogens (tertiary/aromatic N) is 12. The Balaban J connectivity index is 0.000000189. The second kappa shape index (κ2) is 42.9. The van der Waals surface area contributed by atoms with Crippen molar-refractivity contribution in [3.8, 4) is 62.9 Å². The number of likely N-dealkylation sites (tertiary alicyclic amines) is 1. The number of unbranched alkanes of at least 4 members (excludes halogenated alkanes) is 2. The van der Waals surface area contributed by atoms with Crippen molar-refractivity contribution >= 4 is 101 Å². The van der Waals surface area contributed by atoms with Crippen molar-refractivity contribution in [1.82, 2.24) is 80.6 Å². The van der Waals surface area contributed by atoms with E-state index in [1.807, 2.05) is 69.3 Å². The number of rotatable bonds is 26. The van der Waals surface area contributed by atoms with Gasteiger partial charge in [0.1, 0.15) is 40.8 Å². The summed E-state index contributed by atoms with van der Waals surface area (Å²) in [6.45, 7) is 12.8. The molecule has 0 radical (unpaired) electrons. The Morgan fingerprint density at radius 3 is 1.37 bits per heavy atom. The summed E-state index contributed by atoms with van der Waals surface area (Å²) in [5.74, 6) is -4.09. The Morgan fingerprint density at radius 2 is 0.954 bits per heavy atom. The van der Waals surface area contributed by atoms with E-state index in [0.29, 0.717) is 90.2 Å². The van der Waals surface area contributed by atoms with Crippen LogP contribution in [0.15, 0.2) is 133 Å². The zero-order valence-corrected chi connectivity index (χ0v) is 74.0. The van der Waals surface area contributed by atoms with Gasteiger partial charge < -0.3 is 70.9 Å². The Kier molecular flexibility index (Phi) is 31.3. The topological polar surface area (TPSA) is 500 Å². The Labute approximate surface area is 759 Å². The SMILES string of the molecule is CCCCN(C)C(=O)c1cc(-c2nnc(C(=O)NCC)n2-c2ccc(CC3CCN(C(=O)Nc4cccc5c4CN(C4CCC(=O)NC4=O)C5=O)CC3)cc2)c(O)cc1O.CCCCN(C)C(=O)c1cc(-c2nnc(C(=O)NCC)n2-c2ccc(CC3CCNCC3)cc2)c(O)cc1O.Cl.O=C1CCC(N2Cc3c(NC(=O)Oc4ccc([N+](=O)[O-])cc4)cccc3C2=O)C(=O)N1. The Hall–Kier alpha value is -14.7. The van der Waals surface area contributed by atoms with Crippen molar-refractivity contribution in [2.75, 3.05) is 77.1 Å². The molecule has 9 aromatic rings. The van der Waals surface area contributed by atoms with Crippen LogP contribution < -0.4 is 42.0 Å². The molecule has 4 fully saturated rings. The van der Waals surface area contributed by atoms with Crippen LogP contribution in [0.2, 0.25) is 0 Å². The van der Waals surface area contributed by atoms with Gasteiger partial charge in [0, 0.05) is 149 Å². The van der Waals surface area contributed by atoms with Crippen molar-refractivity contribution in [2.45, 2.75) is 143 Å². The number of nitro groups is 1. The maximum atomic E-state index is 13.5. The van der Waals surface area contributed by atoms with Gasteiger partial charge >= 0.3 is 12.1 Å². The molecule has 0 bridgehead atoms. The van der Waals surface area contributed by atoms with E-state index in [9.17, 15) is 88.1 Å². The van der Waals surface area contributed by atoms with E-state index < -0.39 is 52.6 Å². The molecule has 15 rings (SSSR count). The number of non-ortho nitro benzene ring substituents is 1. The number of aromatic hydroxyl groups is 4. The van der Waals surface area contributed by atoms with Crippen LogP contribution in [0.25, 0.3) is 34.2 Å². The van der Waals surface area contributed by atoms with Gasteiger partial charge in [0.2, 0.25) is 35.3 Å². The molecule has 688 valence electrons. The van der Waals surface area contributed by atoms with Gasteiger partial charge in [-0.2, -0.15) is 0 Å². The number of carbonyl (C=O) groups is 12. The zero-order valence-electron chi connectivity index (χ0n) is 73.2. The minimum atomic E-state index is -0.839. The number of anilines is 2. The lowest BCUT2D eigenvalue weighted by atomic mass is 9.90. The number of nitro benzene ring substituents is 1. The molecule has 131 heavy (non-hydrogen) atoms. The van der Waals surface area contributed by atoms with Gasteiger partial charge in [-0.15, -0.1) is 32.8 Å². The third-order valence-electron chi connectivity index (χ3n) is 23.7. The van der Waals surface area contributed by atoms with E-state index in [-0.39, 0.29) is 173 Å². The lowest BCUT2D eigenvalue weighted by Crippen LogP contribution is -2.52. The number of hydrogen-bond donors (Lipinski definition) is 11. The van der Waals surface area contributed by atoms with Gasteiger partial charge in [-0.05, 0) is 187 Å². The summed E-state index contributed by atoms with van der Waals surface area (Å²) >= 11 is 0. The lowest BCUT2D eigenvalue weighted by molar-refractivity contribution is -0.384. The number of ether oxygens (including phenoxy) is 1. The van der Waals surface area contributed by atoms with Crippen LogP contribution in [-0.4, -0.2) is 229 Å². The van der Waals surface area contributed by atoms with E-state index in [1.165, 1.54) is 66.1 Å². The average Bonchev–Trinajstić information content (AvgIpc) is 1.52. The summed E-state index contributed by atoms with van der Waals surface area (Å²) < 4.78 is 8.22. The third kappa shape index (κ3) is 22.0. The fraction of sp³-hybridized carbons (Fsp3) is 0.370. The van der Waals surface area contributed by atoms with Crippen LogP contribution in [0.4, 0.5) is 26.7 Å². The Morgan fingerprint density at radius 1 is 0.527 bits per heavy atom. The molecular weight excluding hydrogens is 1710 g/mol. The van der Waals surface area contributed by atoms with E-state index >= 15 is 0 Å². The molecule has 0 aliphatic carbocycles. The van der Waals surface area contributed by atoms with Crippen LogP contribution in [0.3, 0.4) is 0 Å². The quantitative estimate of drug-likeness (QED) is 0.0136. The van der Waals surface area contributed by atoms with Gasteiger partial charge in [-0.25, -0.2) is 9.59 Å². The molecule has 2 atom stereocenters. The predicted molar refractivity (Wildman–Crippen MR) is 481 cm³/mol. The first-order chi connectivity index (χ1) is 62.5. The third-order valence-corrected chi connectivity index (χ3v) is 23.7. The predicted octanol–water partition coefficient (Wildman–Crippen LogP) is 10.1. The summed E-state index contributed by atoms with van der Waals surface area (Å²) in [5.41, 5.74) is 6.39. The summed E-state index contributed by atoms with van der Waals surface area (Å²) in [6, 6.07) is 33.6. The van der Waals surface area contributed by atoms with Gasteiger partial charge in [-0.3, -0.25) is 83.1 Å². The minimum absolute atomic E-state index is 0. The number of amides is 13. The number of phenolic OH excluding ortho intramolecular Hbond substituents is 4. The standard InChI is InChI=1S/C43H49N9O8.C29H38N6O4.C20H16N4O7.ClH/c1-4-6-18-49(3)41(58)30-22-29(34(53)23-35(30)54)37-47-48-38(40(57)44-5-2)52(37)27-12-10-25(11-13-27)21-26-16-19-50(20-17-26)43(60)45-32-9-7-8-28-31(32)24-51(42(28)59)33-14-15-36(55)46-39(33)56;1-4-6-15-34(3)29(39)23-17-22(24(36)18-25(23)37)26-32-33-27(28(38)31-5-2)35(26)21-9-7-19(8-10-21)16-20-11-13-30-14-12-20;25-17-9-8-16(18(26)22-17)23-10-14-13(19(23)27)2-1-3-15(14)21-20(28)31-12-6-4-11(5-7-12)24(29)30;/h7-13,22-23,26,33,53-54H,4-6,14-21,24H2,1-3H3,(H,44,57)(H,45,60)(H,46,55,56);7-10,17-18,20,30,36-37H,4-6,11-16H2,1-3H3,(H,31,38);1-7,16H,8-10H2,(H,21,28)(H,22,25,26);1H. The van der Waals surface area contributed by atoms with Crippen LogP contribution in [0.1, 0.15) is 190 Å². The van der Waals surface area contributed by atoms with E-state index in [4.69, 9.17) is 4.74 Å². The summed E-state index contributed by atoms with van der Waals surface area (Å²) in [6.07, 6.45) is 8.89. The number of nitrogens with one attached hydrogen (secondary N) is 7. The van der Waals surface area contributed by atoms with E-state index in [2.05, 4.69) is 57.6 Å². The highest BCUT2D eigenvalue weighted by molar-refractivity contribution is 6.09. The summed E-state index contributed by atoms with van der Waals surface area (Å²) in [4.78, 5) is 170. The van der Waals surface area contributed by atoms with E-state index in [0.717, 1.165) is 95.0 Å². The summed E-state index contributed by atoms with van der Waals surface area (Å²) in [7, 11) is 3.32. The number of carbonyl (C=O) groups excluding carboxylic acids is 12. The zero-order chi connectivity index (χ0) is 92.7. The highest BCUT2D eigenvalue weighted by atomic mass is 35.5. The number of urea groups is 1. The molecule has 2 unspecified atom stereocenters. The molecular formula is C92H104ClN19O19. The molecule has 0 spiro atoms. The number of hydrogen-bond acceptors (Lipinski definition) is 24. The normalized spacial score (nSPS) is 16.0. The van der Waals surface area contributed by atoms with Gasteiger partial charge in [0.25, 0.3) is 41.1 Å². The Bertz CT molecular complexity index is 5830. The molecule has 13 amide bonds. The highest BCUT2D eigenvalue weighted by Crippen LogP contribution is 2.41. The molecule has 11 N–H and O–H groups in total. The second-order valence-electron chi connectivity index (χ2n) is 32.5. The van der Waals surface area contributed by atoms with Crippen LogP contribution >= 0.6 is 12.4 Å². The largest absolute Gasteiger partial charge is 0.507 e. The van der Waals surface area contributed by atoms with Crippen molar-refractivity contribution in [1.29, 1.82) is 0 Å². The average molecular weight is 1820 g/mol. The van der Waals surface area contributed by atoms with Crippen LogP contribution in [0.5, 0.6) is 28.7 Å². The minimum Gasteiger partial charge on any atom is -0.507 e. The molecule has 6 aliphatic rings. The monoisotopic (exact) mass is 1810 g/mol. The smallest absolute Gasteiger partial charge is 0.417 e. The second-order valence-corrected chi connectivity index (χ2v) is 32.5. The number of benzene rings is 7. The van der Waals surface area contributed by atoms with Crippen molar-refractivity contribution < 1.29 is 87.6 Å². The number of phenols is 4. The first kappa shape index (κ1) is 95.4. The van der Waals surface area contributed by atoms with Crippen molar-refractivity contribution in [3.63, 3.8) is 0 Å². The maximum absolute atomic E-state index is 13.5. The molecule has 4 saturated heterocycles. The number of piperidine rings is 4. The van der Waals surface area contributed by atoms with Crippen LogP contribution in [-0.2, 0) is 45.1 Å². The fourth-order valence-electron chi connectivity index (χ4n) is 16.6.